The molecule has 2 nitrogen and oxygen atoms in total. The van der Waals surface area contributed by atoms with Crippen LogP contribution in [-0.2, 0) is 4.94 Å². The maximum absolute atomic E-state index is 11.2. The number of nitrogens with zero attached hydrogens (tertiary/aromatic N) is 1. The lowest BCUT2D eigenvalue weighted by Gasteiger charge is -2.25. The van der Waals surface area contributed by atoms with Gasteiger partial charge in [0.2, 0.25) is 0 Å². The van der Waals surface area contributed by atoms with Gasteiger partial charge in [-0.1, -0.05) is 6.42 Å². The maximum Gasteiger partial charge on any atom is 0.100 e. The first kappa shape index (κ1) is 7.95. The quantitative estimate of drug-likeness (QED) is 0.598. The second-order valence-electron chi connectivity index (χ2n) is 2.72. The Bertz CT molecular complexity index is 83.7. The Morgan fingerprint density at radius 2 is 1.90 bits per heavy atom. The average Bonchev–Trinajstić information content (AvgIpc) is 2.03. The number of halogens is 1. The van der Waals surface area contributed by atoms with E-state index in [0.717, 1.165) is 19.6 Å². The third kappa shape index (κ3) is 2.62. The van der Waals surface area contributed by atoms with Crippen LogP contribution in [0.1, 0.15) is 19.3 Å². The van der Waals surface area contributed by atoms with Crippen LogP contribution in [0.2, 0.25) is 0 Å². The summed E-state index contributed by atoms with van der Waals surface area (Å²) < 4.78 is 11.2. The second kappa shape index (κ2) is 4.63. The highest BCUT2D eigenvalue weighted by atomic mass is 19.3. The summed E-state index contributed by atoms with van der Waals surface area (Å²) in [5, 5.41) is 0. The maximum atomic E-state index is 11.2. The largest absolute Gasteiger partial charge is 0.301 e. The van der Waals surface area contributed by atoms with Gasteiger partial charge in [-0.3, -0.25) is 0 Å². The van der Waals surface area contributed by atoms with Crippen LogP contribution in [0.4, 0.5) is 4.53 Å². The van der Waals surface area contributed by atoms with Crippen LogP contribution in [0.5, 0.6) is 0 Å². The first-order valence-electron chi connectivity index (χ1n) is 3.89. The van der Waals surface area contributed by atoms with E-state index in [1.54, 1.807) is 0 Å². The molecule has 1 aliphatic rings. The van der Waals surface area contributed by atoms with Crippen molar-refractivity contribution in [2.75, 3.05) is 26.2 Å². The zero-order valence-electron chi connectivity index (χ0n) is 6.18. The molecule has 0 aromatic carbocycles. The van der Waals surface area contributed by atoms with Crippen molar-refractivity contribution in [3.8, 4) is 0 Å². The zero-order chi connectivity index (χ0) is 7.23. The molecule has 60 valence electrons. The van der Waals surface area contributed by atoms with Crippen LogP contribution in [0.25, 0.3) is 0 Å². The molecule has 0 aromatic rings. The number of rotatable bonds is 3. The van der Waals surface area contributed by atoms with Crippen LogP contribution in [-0.4, -0.2) is 31.1 Å². The lowest BCUT2D eigenvalue weighted by Crippen LogP contribution is -2.32. The molecule has 0 radical (unpaired) electrons. The minimum Gasteiger partial charge on any atom is -0.301 e. The van der Waals surface area contributed by atoms with Gasteiger partial charge in [-0.25, -0.2) is 0 Å². The van der Waals surface area contributed by atoms with Crippen LogP contribution in [0.15, 0.2) is 0 Å². The van der Waals surface area contributed by atoms with Crippen molar-refractivity contribution in [3.63, 3.8) is 0 Å². The van der Waals surface area contributed by atoms with Gasteiger partial charge in [0.15, 0.2) is 0 Å². The lowest BCUT2D eigenvalue weighted by atomic mass is 10.1. The third-order valence-corrected chi connectivity index (χ3v) is 1.93. The Morgan fingerprint density at radius 1 is 1.20 bits per heavy atom. The lowest BCUT2D eigenvalue weighted by molar-refractivity contribution is -0.136. The molecule has 0 spiro atoms. The molecule has 1 saturated heterocycles. The van der Waals surface area contributed by atoms with Gasteiger partial charge in [0.25, 0.3) is 0 Å². The van der Waals surface area contributed by atoms with Crippen molar-refractivity contribution >= 4 is 0 Å². The van der Waals surface area contributed by atoms with Crippen LogP contribution < -0.4 is 0 Å². The van der Waals surface area contributed by atoms with Crippen molar-refractivity contribution in [1.29, 1.82) is 0 Å². The molecule has 1 heterocycles. The van der Waals surface area contributed by atoms with Crippen molar-refractivity contribution in [2.24, 2.45) is 0 Å². The molecule has 0 aliphatic carbocycles. The van der Waals surface area contributed by atoms with Crippen molar-refractivity contribution in [2.45, 2.75) is 19.3 Å². The van der Waals surface area contributed by atoms with Crippen molar-refractivity contribution in [3.05, 3.63) is 0 Å². The third-order valence-electron chi connectivity index (χ3n) is 1.93. The van der Waals surface area contributed by atoms with E-state index in [1.165, 1.54) is 19.3 Å². The molecule has 0 saturated carbocycles. The number of hydrogen-bond acceptors (Lipinski definition) is 2. The molecule has 0 unspecified atom stereocenters. The van der Waals surface area contributed by atoms with E-state index in [2.05, 4.69) is 9.84 Å². The molecule has 0 bridgehead atoms. The normalized spacial score (nSPS) is 21.3. The van der Waals surface area contributed by atoms with Gasteiger partial charge in [0, 0.05) is 6.54 Å². The molecule has 10 heavy (non-hydrogen) atoms. The summed E-state index contributed by atoms with van der Waals surface area (Å²) in [6, 6.07) is 0. The monoisotopic (exact) mass is 147 g/mol. The van der Waals surface area contributed by atoms with E-state index in [4.69, 9.17) is 0 Å². The first-order valence-corrected chi connectivity index (χ1v) is 3.89. The molecular weight excluding hydrogens is 133 g/mol. The Balaban J connectivity index is 2.02. The van der Waals surface area contributed by atoms with E-state index in [-0.39, 0.29) is 6.61 Å². The minimum absolute atomic E-state index is 0.222. The smallest absolute Gasteiger partial charge is 0.100 e. The fraction of sp³-hybridized carbons (Fsp3) is 1.00. The van der Waals surface area contributed by atoms with Crippen LogP contribution in [0, 0.1) is 0 Å². The molecular formula is C7H14FNO. The Kier molecular flexibility index (Phi) is 3.68. The Labute approximate surface area is 60.9 Å². The summed E-state index contributed by atoms with van der Waals surface area (Å²) in [5.74, 6) is 0. The second-order valence-corrected chi connectivity index (χ2v) is 2.72. The van der Waals surface area contributed by atoms with E-state index >= 15 is 0 Å². The molecule has 3 heteroatoms. The van der Waals surface area contributed by atoms with Gasteiger partial charge in [-0.2, -0.15) is 4.94 Å². The van der Waals surface area contributed by atoms with Crippen LogP contribution in [0.3, 0.4) is 0 Å². The topological polar surface area (TPSA) is 12.5 Å². The molecule has 1 rings (SSSR count). The highest BCUT2D eigenvalue weighted by molar-refractivity contribution is 4.63. The SMILES string of the molecule is FOCCN1CCCCC1. The summed E-state index contributed by atoms with van der Waals surface area (Å²) in [6.07, 6.45) is 3.84. The number of piperidine rings is 1. The summed E-state index contributed by atoms with van der Waals surface area (Å²) in [4.78, 5) is 5.74. The van der Waals surface area contributed by atoms with E-state index in [9.17, 15) is 4.53 Å². The Hall–Kier alpha value is -0.150. The van der Waals surface area contributed by atoms with Crippen molar-refractivity contribution in [1.82, 2.24) is 4.90 Å². The van der Waals surface area contributed by atoms with Gasteiger partial charge in [0.1, 0.15) is 6.61 Å². The van der Waals surface area contributed by atoms with Gasteiger partial charge < -0.3 is 4.90 Å². The van der Waals surface area contributed by atoms with E-state index < -0.39 is 0 Å². The molecule has 0 atom stereocenters. The standard InChI is InChI=1S/C7H14FNO/c8-10-7-6-9-4-2-1-3-5-9/h1-7H2. The highest BCUT2D eigenvalue weighted by Crippen LogP contribution is 2.07. The van der Waals surface area contributed by atoms with Gasteiger partial charge in [0.05, 0.1) is 0 Å². The molecule has 1 aliphatic heterocycles. The number of hydrogen-bond donors (Lipinski definition) is 0. The summed E-state index contributed by atoms with van der Waals surface area (Å²) in [7, 11) is 0. The van der Waals surface area contributed by atoms with E-state index in [1.807, 2.05) is 0 Å². The molecule has 0 aromatic heterocycles. The minimum atomic E-state index is 0.222. The number of likely N-dealkylation sites (tertiary alicyclic amines) is 1. The van der Waals surface area contributed by atoms with Gasteiger partial charge in [-0.15, -0.1) is 0 Å². The predicted molar refractivity (Wildman–Crippen MR) is 37.4 cm³/mol. The fourth-order valence-corrected chi connectivity index (χ4v) is 1.35. The van der Waals surface area contributed by atoms with E-state index in [0.29, 0.717) is 0 Å². The summed E-state index contributed by atoms with van der Waals surface area (Å²) in [6.45, 7) is 3.20. The predicted octanol–water partition coefficient (Wildman–Crippen LogP) is 1.37. The average molecular weight is 147 g/mol. The molecule has 0 amide bonds. The Morgan fingerprint density at radius 3 is 2.50 bits per heavy atom. The highest BCUT2D eigenvalue weighted by Gasteiger charge is 2.08. The van der Waals surface area contributed by atoms with Gasteiger partial charge >= 0.3 is 0 Å². The van der Waals surface area contributed by atoms with Gasteiger partial charge in [-0.05, 0) is 30.5 Å². The van der Waals surface area contributed by atoms with Crippen molar-refractivity contribution < 1.29 is 9.47 Å². The molecule has 1 fully saturated rings. The van der Waals surface area contributed by atoms with Crippen LogP contribution >= 0.6 is 0 Å². The first-order chi connectivity index (χ1) is 4.93. The molecule has 0 N–H and O–H groups in total. The fourth-order valence-electron chi connectivity index (χ4n) is 1.35. The zero-order valence-corrected chi connectivity index (χ0v) is 6.18. The summed E-state index contributed by atoms with van der Waals surface area (Å²) >= 11 is 0. The summed E-state index contributed by atoms with van der Waals surface area (Å²) in [5.41, 5.74) is 0.